The van der Waals surface area contributed by atoms with Gasteiger partial charge in [-0.3, -0.25) is 4.79 Å². The molecule has 0 N–H and O–H groups in total. The molecular weight excluding hydrogens is 168 g/mol. The molecule has 3 rings (SSSR count). The number of hydrogen-bond acceptors (Lipinski definition) is 3. The summed E-state index contributed by atoms with van der Waals surface area (Å²) in [6.45, 7) is 2.17. The third-order valence-corrected chi connectivity index (χ3v) is 3.62. The van der Waals surface area contributed by atoms with Crippen molar-refractivity contribution in [1.82, 2.24) is 0 Å². The van der Waals surface area contributed by atoms with Crippen LogP contribution in [0.3, 0.4) is 0 Å². The van der Waals surface area contributed by atoms with Gasteiger partial charge in [-0.2, -0.15) is 0 Å². The summed E-state index contributed by atoms with van der Waals surface area (Å²) in [5.41, 5.74) is 0. The Kier molecular flexibility index (Phi) is 1.48. The summed E-state index contributed by atoms with van der Waals surface area (Å²) in [6.07, 6.45) is 3.70. The molecule has 3 heterocycles. The van der Waals surface area contributed by atoms with Crippen LogP contribution in [0.2, 0.25) is 0 Å². The average molecular weight is 182 g/mol. The van der Waals surface area contributed by atoms with Crippen LogP contribution in [-0.4, -0.2) is 24.3 Å². The second kappa shape index (κ2) is 2.47. The fraction of sp³-hybridized carbons (Fsp3) is 0.900. The van der Waals surface area contributed by atoms with Gasteiger partial charge in [0.05, 0.1) is 12.0 Å². The van der Waals surface area contributed by atoms with E-state index in [9.17, 15) is 4.79 Å². The summed E-state index contributed by atoms with van der Waals surface area (Å²) in [4.78, 5) is 11.3. The van der Waals surface area contributed by atoms with Crippen LogP contribution in [0.25, 0.3) is 0 Å². The van der Waals surface area contributed by atoms with Crippen LogP contribution < -0.4 is 0 Å². The first-order valence-corrected chi connectivity index (χ1v) is 5.17. The van der Waals surface area contributed by atoms with Gasteiger partial charge in [0.25, 0.3) is 0 Å². The number of hydrogen-bond donors (Lipinski definition) is 0. The van der Waals surface area contributed by atoms with Crippen molar-refractivity contribution in [3.8, 4) is 0 Å². The Morgan fingerprint density at radius 3 is 3.08 bits per heavy atom. The van der Waals surface area contributed by atoms with Gasteiger partial charge in [0, 0.05) is 5.92 Å². The molecule has 3 heteroatoms. The lowest BCUT2D eigenvalue weighted by Gasteiger charge is -2.20. The summed E-state index contributed by atoms with van der Waals surface area (Å²) in [7, 11) is 0. The minimum absolute atomic E-state index is 0.0175. The van der Waals surface area contributed by atoms with Gasteiger partial charge in [-0.05, 0) is 12.8 Å². The lowest BCUT2D eigenvalue weighted by atomic mass is 9.80. The first-order valence-electron chi connectivity index (χ1n) is 5.17. The Labute approximate surface area is 77.4 Å². The van der Waals surface area contributed by atoms with Crippen molar-refractivity contribution in [2.45, 2.75) is 44.5 Å². The first-order chi connectivity index (χ1) is 6.31. The minimum Gasteiger partial charge on any atom is -0.459 e. The predicted octanol–water partition coefficient (Wildman–Crippen LogP) is 1.12. The number of carbonyl (C=O) groups excluding carboxylic acids is 1. The van der Waals surface area contributed by atoms with E-state index in [1.54, 1.807) is 0 Å². The molecule has 13 heavy (non-hydrogen) atoms. The number of esters is 1. The van der Waals surface area contributed by atoms with Crippen LogP contribution in [0.15, 0.2) is 0 Å². The van der Waals surface area contributed by atoms with Gasteiger partial charge < -0.3 is 9.47 Å². The fourth-order valence-corrected chi connectivity index (χ4v) is 3.06. The SMILES string of the molecule is CCCC1C2CC3C(=O)OC1C3O2. The largest absolute Gasteiger partial charge is 0.459 e. The first kappa shape index (κ1) is 7.80. The van der Waals surface area contributed by atoms with E-state index in [-0.39, 0.29) is 24.1 Å². The van der Waals surface area contributed by atoms with Gasteiger partial charge in [-0.1, -0.05) is 13.3 Å². The van der Waals surface area contributed by atoms with E-state index in [0.29, 0.717) is 12.0 Å². The predicted molar refractivity (Wildman–Crippen MR) is 45.0 cm³/mol. The molecule has 5 atom stereocenters. The summed E-state index contributed by atoms with van der Waals surface area (Å²) in [5, 5.41) is 0. The molecule has 0 spiro atoms. The van der Waals surface area contributed by atoms with Gasteiger partial charge in [0.15, 0.2) is 0 Å². The van der Waals surface area contributed by atoms with Crippen molar-refractivity contribution in [2.75, 3.05) is 0 Å². The maximum atomic E-state index is 11.3. The number of ether oxygens (including phenoxy) is 2. The van der Waals surface area contributed by atoms with Gasteiger partial charge in [-0.25, -0.2) is 0 Å². The molecule has 3 aliphatic heterocycles. The zero-order valence-corrected chi connectivity index (χ0v) is 7.73. The molecule has 72 valence electrons. The highest BCUT2D eigenvalue weighted by molar-refractivity contribution is 5.77. The van der Waals surface area contributed by atoms with Crippen LogP contribution in [0.4, 0.5) is 0 Å². The molecule has 0 radical (unpaired) electrons. The fourth-order valence-electron chi connectivity index (χ4n) is 3.06. The van der Waals surface area contributed by atoms with E-state index in [1.807, 2.05) is 0 Å². The molecule has 3 saturated heterocycles. The second-order valence-electron chi connectivity index (χ2n) is 4.34. The molecule has 3 aliphatic rings. The second-order valence-corrected chi connectivity index (χ2v) is 4.34. The third kappa shape index (κ3) is 0.857. The van der Waals surface area contributed by atoms with E-state index < -0.39 is 0 Å². The Morgan fingerprint density at radius 1 is 1.46 bits per heavy atom. The zero-order chi connectivity index (χ0) is 9.00. The van der Waals surface area contributed by atoms with Gasteiger partial charge >= 0.3 is 5.97 Å². The zero-order valence-electron chi connectivity index (χ0n) is 7.73. The molecular formula is C10H14O3. The van der Waals surface area contributed by atoms with Crippen molar-refractivity contribution in [1.29, 1.82) is 0 Å². The van der Waals surface area contributed by atoms with Crippen molar-refractivity contribution in [2.24, 2.45) is 11.8 Å². The van der Waals surface area contributed by atoms with Gasteiger partial charge in [-0.15, -0.1) is 0 Å². The Hall–Kier alpha value is -0.570. The average Bonchev–Trinajstić information content (AvgIpc) is 2.69. The lowest BCUT2D eigenvalue weighted by molar-refractivity contribution is -0.144. The third-order valence-electron chi connectivity index (χ3n) is 3.62. The number of fused-ring (bicyclic) bond motifs is 1. The molecule has 0 aromatic heterocycles. The van der Waals surface area contributed by atoms with Crippen LogP contribution in [0, 0.1) is 11.8 Å². The molecule has 2 bridgehead atoms. The molecule has 3 nitrogen and oxygen atoms in total. The highest BCUT2D eigenvalue weighted by atomic mass is 16.6. The molecule has 5 unspecified atom stereocenters. The van der Waals surface area contributed by atoms with E-state index in [2.05, 4.69) is 6.92 Å². The normalized spacial score (nSPS) is 51.5. The van der Waals surface area contributed by atoms with Crippen molar-refractivity contribution in [3.63, 3.8) is 0 Å². The highest BCUT2D eigenvalue weighted by Crippen LogP contribution is 2.50. The molecule has 0 amide bonds. The van der Waals surface area contributed by atoms with Crippen LogP contribution in [0.5, 0.6) is 0 Å². The maximum Gasteiger partial charge on any atom is 0.312 e. The van der Waals surface area contributed by atoms with Crippen LogP contribution >= 0.6 is 0 Å². The summed E-state index contributed by atoms with van der Waals surface area (Å²) in [6, 6.07) is 0. The van der Waals surface area contributed by atoms with E-state index in [0.717, 1.165) is 19.3 Å². The maximum absolute atomic E-state index is 11.3. The van der Waals surface area contributed by atoms with E-state index in [1.165, 1.54) is 0 Å². The van der Waals surface area contributed by atoms with E-state index >= 15 is 0 Å². The Balaban J connectivity index is 1.86. The summed E-state index contributed by atoms with van der Waals surface area (Å²) in [5.74, 6) is 0.539. The number of carbonyl (C=O) groups is 1. The monoisotopic (exact) mass is 182 g/mol. The molecule has 3 fully saturated rings. The molecule has 0 aliphatic carbocycles. The van der Waals surface area contributed by atoms with E-state index in [4.69, 9.17) is 9.47 Å². The van der Waals surface area contributed by atoms with Crippen molar-refractivity contribution in [3.05, 3.63) is 0 Å². The molecule has 0 aromatic carbocycles. The molecule has 0 aromatic rings. The summed E-state index contributed by atoms with van der Waals surface area (Å²) < 4.78 is 11.1. The van der Waals surface area contributed by atoms with Crippen molar-refractivity contribution >= 4 is 5.97 Å². The van der Waals surface area contributed by atoms with Crippen LogP contribution in [-0.2, 0) is 14.3 Å². The quantitative estimate of drug-likeness (QED) is 0.600. The Morgan fingerprint density at radius 2 is 2.31 bits per heavy atom. The Bertz CT molecular complexity index is 251. The topological polar surface area (TPSA) is 35.5 Å². The minimum atomic E-state index is -0.0175. The van der Waals surface area contributed by atoms with Gasteiger partial charge in [0.1, 0.15) is 12.2 Å². The highest BCUT2D eigenvalue weighted by Gasteiger charge is 2.62. The number of rotatable bonds is 2. The van der Waals surface area contributed by atoms with Crippen molar-refractivity contribution < 1.29 is 14.3 Å². The molecule has 0 saturated carbocycles. The van der Waals surface area contributed by atoms with Crippen LogP contribution in [0.1, 0.15) is 26.2 Å². The summed E-state index contributed by atoms with van der Waals surface area (Å²) >= 11 is 0. The lowest BCUT2D eigenvalue weighted by Crippen LogP contribution is -2.31. The standard InChI is InChI=1S/C10H14O3/c1-2-3-5-7-4-6-9(12-7)8(5)13-10(6)11/h5-9H,2-4H2,1H3. The van der Waals surface area contributed by atoms with Gasteiger partial charge in [0.2, 0.25) is 0 Å². The smallest absolute Gasteiger partial charge is 0.312 e.